The standard InChI is InChI=1S/C24H38FN3O6/c1-16(2)13-19(26)24(33)27-9-3-4-12-34-15-21(30)22(31)20(29)14-28(11-10-27)23(32)17-5-7-18(25)8-6-17/h5-8,16,19-22,29-31H,3-4,9-15,26H2,1-2H3/t19-,20-,21+,22+/m0/s1. The van der Waals surface area contributed by atoms with Crippen molar-refractivity contribution in [1.82, 2.24) is 9.80 Å². The van der Waals surface area contributed by atoms with Crippen LogP contribution >= 0.6 is 0 Å². The average molecular weight is 484 g/mol. The van der Waals surface area contributed by atoms with Crippen molar-refractivity contribution in [1.29, 1.82) is 0 Å². The summed E-state index contributed by atoms with van der Waals surface area (Å²) in [6.07, 6.45) is -2.55. The molecule has 34 heavy (non-hydrogen) atoms. The van der Waals surface area contributed by atoms with Crippen molar-refractivity contribution >= 4 is 11.8 Å². The molecule has 1 heterocycles. The molecule has 2 rings (SSSR count). The Bertz CT molecular complexity index is 778. The average Bonchev–Trinajstić information content (AvgIpc) is 2.80. The van der Waals surface area contributed by atoms with Gasteiger partial charge in [0, 0.05) is 38.3 Å². The fourth-order valence-electron chi connectivity index (χ4n) is 3.87. The summed E-state index contributed by atoms with van der Waals surface area (Å²) in [4.78, 5) is 29.1. The van der Waals surface area contributed by atoms with E-state index in [-0.39, 0.29) is 43.6 Å². The number of β-amino-alcohol motifs (C(OH)–C–C–N with tert-alkyl or cyclic N) is 1. The number of halogens is 1. The van der Waals surface area contributed by atoms with E-state index < -0.39 is 36.1 Å². The van der Waals surface area contributed by atoms with Crippen LogP contribution in [0.3, 0.4) is 0 Å². The first-order chi connectivity index (χ1) is 16.1. The molecular weight excluding hydrogens is 445 g/mol. The maximum atomic E-state index is 13.3. The van der Waals surface area contributed by atoms with Gasteiger partial charge in [0.25, 0.3) is 5.91 Å². The number of carbonyl (C=O) groups excluding carboxylic acids is 2. The zero-order valence-corrected chi connectivity index (χ0v) is 20.0. The number of carbonyl (C=O) groups is 2. The molecule has 0 radical (unpaired) electrons. The van der Waals surface area contributed by atoms with E-state index in [1.807, 2.05) is 13.8 Å². The summed E-state index contributed by atoms with van der Waals surface area (Å²) in [5.41, 5.74) is 6.33. The smallest absolute Gasteiger partial charge is 0.254 e. The van der Waals surface area contributed by atoms with Crippen molar-refractivity contribution in [3.05, 3.63) is 35.6 Å². The number of nitrogens with two attached hydrogens (primary N) is 1. The van der Waals surface area contributed by atoms with Crippen molar-refractivity contribution in [3.63, 3.8) is 0 Å². The highest BCUT2D eigenvalue weighted by molar-refractivity contribution is 5.94. The Kier molecular flexibility index (Phi) is 11.3. The molecule has 0 saturated carbocycles. The molecule has 4 atom stereocenters. The molecule has 0 bridgehead atoms. The lowest BCUT2D eigenvalue weighted by Crippen LogP contribution is -2.51. The molecule has 0 unspecified atom stereocenters. The number of aliphatic hydroxyl groups excluding tert-OH is 3. The Balaban J connectivity index is 2.25. The zero-order chi connectivity index (χ0) is 25.3. The molecule has 1 aliphatic rings. The fraction of sp³-hybridized carbons (Fsp3) is 0.667. The van der Waals surface area contributed by atoms with Gasteiger partial charge >= 0.3 is 0 Å². The van der Waals surface area contributed by atoms with Crippen LogP contribution in [0.5, 0.6) is 0 Å². The van der Waals surface area contributed by atoms with Crippen molar-refractivity contribution in [3.8, 4) is 0 Å². The number of nitrogens with zero attached hydrogens (tertiary/aromatic N) is 2. The van der Waals surface area contributed by atoms with Gasteiger partial charge in [-0.15, -0.1) is 0 Å². The second-order valence-electron chi connectivity index (χ2n) is 9.23. The second-order valence-corrected chi connectivity index (χ2v) is 9.23. The lowest BCUT2D eigenvalue weighted by molar-refractivity contribution is -0.133. The number of benzene rings is 1. The number of hydrogen-bond acceptors (Lipinski definition) is 7. The van der Waals surface area contributed by atoms with Crippen molar-refractivity contribution in [2.75, 3.05) is 39.4 Å². The molecule has 1 aromatic carbocycles. The third-order valence-corrected chi connectivity index (χ3v) is 5.82. The van der Waals surface area contributed by atoms with Crippen molar-refractivity contribution < 1.29 is 34.0 Å². The van der Waals surface area contributed by atoms with Gasteiger partial charge in [-0.3, -0.25) is 9.59 Å². The van der Waals surface area contributed by atoms with Crippen LogP contribution < -0.4 is 5.73 Å². The normalized spacial score (nSPS) is 24.5. The van der Waals surface area contributed by atoms with Crippen LogP contribution in [-0.2, 0) is 9.53 Å². The third kappa shape index (κ3) is 8.59. The number of hydrogen-bond donors (Lipinski definition) is 4. The lowest BCUT2D eigenvalue weighted by atomic mass is 10.0. The minimum Gasteiger partial charge on any atom is -0.388 e. The van der Waals surface area contributed by atoms with Gasteiger partial charge in [-0.1, -0.05) is 13.8 Å². The van der Waals surface area contributed by atoms with E-state index in [1.54, 1.807) is 4.90 Å². The van der Waals surface area contributed by atoms with E-state index in [9.17, 15) is 29.3 Å². The largest absolute Gasteiger partial charge is 0.388 e. The molecule has 1 fully saturated rings. The van der Waals surface area contributed by atoms with Crippen LogP contribution in [0.25, 0.3) is 0 Å². The molecule has 1 aromatic rings. The van der Waals surface area contributed by atoms with Crippen LogP contribution in [-0.4, -0.2) is 101 Å². The van der Waals surface area contributed by atoms with E-state index in [0.29, 0.717) is 32.4 Å². The van der Waals surface area contributed by atoms with Gasteiger partial charge in [-0.2, -0.15) is 0 Å². The minimum absolute atomic E-state index is 0.0622. The molecule has 0 aromatic heterocycles. The van der Waals surface area contributed by atoms with E-state index in [2.05, 4.69) is 0 Å². The Hall–Kier alpha value is -2.11. The molecule has 9 nitrogen and oxygen atoms in total. The minimum atomic E-state index is -1.54. The first kappa shape index (κ1) is 28.1. The number of amides is 2. The number of ether oxygens (including phenoxy) is 1. The van der Waals surface area contributed by atoms with Gasteiger partial charge in [-0.05, 0) is 49.4 Å². The van der Waals surface area contributed by atoms with Crippen LogP contribution in [0, 0.1) is 11.7 Å². The van der Waals surface area contributed by atoms with Gasteiger partial charge in [-0.25, -0.2) is 4.39 Å². The van der Waals surface area contributed by atoms with E-state index >= 15 is 0 Å². The summed E-state index contributed by atoms with van der Waals surface area (Å²) < 4.78 is 18.7. The highest BCUT2D eigenvalue weighted by Gasteiger charge is 2.30. The molecule has 5 N–H and O–H groups in total. The van der Waals surface area contributed by atoms with Gasteiger partial charge in [0.15, 0.2) is 0 Å². The zero-order valence-electron chi connectivity index (χ0n) is 20.0. The van der Waals surface area contributed by atoms with Crippen LogP contribution in [0.15, 0.2) is 24.3 Å². The summed E-state index contributed by atoms with van der Waals surface area (Å²) in [6, 6.07) is 4.31. The van der Waals surface area contributed by atoms with Crippen molar-refractivity contribution in [2.45, 2.75) is 57.5 Å². The molecule has 2 amide bonds. The fourth-order valence-corrected chi connectivity index (χ4v) is 3.87. The molecular formula is C24H38FN3O6. The van der Waals surface area contributed by atoms with Gasteiger partial charge < -0.3 is 35.6 Å². The molecule has 1 aliphatic heterocycles. The predicted molar refractivity (Wildman–Crippen MR) is 124 cm³/mol. The summed E-state index contributed by atoms with van der Waals surface area (Å²) in [7, 11) is 0. The molecule has 0 spiro atoms. The lowest BCUT2D eigenvalue weighted by Gasteiger charge is -2.33. The Morgan fingerprint density at radius 1 is 1.06 bits per heavy atom. The van der Waals surface area contributed by atoms with Gasteiger partial charge in [0.2, 0.25) is 5.91 Å². The van der Waals surface area contributed by atoms with Crippen LogP contribution in [0.4, 0.5) is 4.39 Å². The monoisotopic (exact) mass is 483 g/mol. The summed E-state index contributed by atoms with van der Waals surface area (Å²) in [5.74, 6) is -0.964. The van der Waals surface area contributed by atoms with E-state index in [1.165, 1.54) is 17.0 Å². The summed E-state index contributed by atoms with van der Waals surface area (Å²) in [5, 5.41) is 31.0. The molecule has 0 aliphatic carbocycles. The van der Waals surface area contributed by atoms with Crippen LogP contribution in [0.1, 0.15) is 43.5 Å². The van der Waals surface area contributed by atoms with E-state index in [4.69, 9.17) is 10.5 Å². The summed E-state index contributed by atoms with van der Waals surface area (Å²) >= 11 is 0. The SMILES string of the molecule is CC(C)C[C@H](N)C(=O)N1CCCCOC[C@@H](O)[C@H](O)[C@@H](O)CN(C(=O)c2ccc(F)cc2)CC1. The first-order valence-corrected chi connectivity index (χ1v) is 11.8. The van der Waals surface area contributed by atoms with E-state index in [0.717, 1.165) is 12.1 Å². The van der Waals surface area contributed by atoms with Crippen LogP contribution in [0.2, 0.25) is 0 Å². The molecule has 192 valence electrons. The Labute approximate surface area is 200 Å². The number of aliphatic hydroxyl groups is 3. The van der Waals surface area contributed by atoms with Gasteiger partial charge in [0.05, 0.1) is 12.6 Å². The molecule has 1 saturated heterocycles. The Morgan fingerprint density at radius 3 is 2.35 bits per heavy atom. The topological polar surface area (TPSA) is 137 Å². The predicted octanol–water partition coefficient (Wildman–Crippen LogP) is 0.363. The maximum Gasteiger partial charge on any atom is 0.254 e. The maximum absolute atomic E-state index is 13.3. The quantitative estimate of drug-likeness (QED) is 0.485. The second kappa shape index (κ2) is 13.7. The molecule has 10 heteroatoms. The number of rotatable bonds is 4. The Morgan fingerprint density at radius 2 is 1.71 bits per heavy atom. The summed E-state index contributed by atoms with van der Waals surface area (Å²) in [6.45, 7) is 4.47. The highest BCUT2D eigenvalue weighted by atomic mass is 19.1. The first-order valence-electron chi connectivity index (χ1n) is 11.8. The highest BCUT2D eigenvalue weighted by Crippen LogP contribution is 2.13. The third-order valence-electron chi connectivity index (χ3n) is 5.82. The van der Waals surface area contributed by atoms with Gasteiger partial charge in [0.1, 0.15) is 24.1 Å². The van der Waals surface area contributed by atoms with Crippen molar-refractivity contribution in [2.24, 2.45) is 11.7 Å².